The van der Waals surface area contributed by atoms with Gasteiger partial charge in [-0.2, -0.15) is 24.9 Å². The Hall–Kier alpha value is -0.390. The number of thioether (sulfide) groups is 1. The molecule has 2 N–H and O–H groups in total. The van der Waals surface area contributed by atoms with Gasteiger partial charge < -0.3 is 15.5 Å². The summed E-state index contributed by atoms with van der Waals surface area (Å²) in [6.45, 7) is 1.06. The summed E-state index contributed by atoms with van der Waals surface area (Å²) >= 11 is 1.66. The third-order valence-corrected chi connectivity index (χ3v) is 3.26. The van der Waals surface area contributed by atoms with Crippen molar-refractivity contribution in [2.45, 2.75) is 25.4 Å². The Kier molecular flexibility index (Phi) is 15.1. The van der Waals surface area contributed by atoms with Gasteiger partial charge in [0, 0.05) is 39.4 Å². The first kappa shape index (κ1) is 24.9. The minimum atomic E-state index is -4.11. The van der Waals surface area contributed by atoms with Gasteiger partial charge in [0.2, 0.25) is 5.91 Å². The predicted molar refractivity (Wildman–Crippen MR) is 101 cm³/mol. The number of unbranched alkanes of at least 4 members (excludes halogenated alkanes) is 1. The topological polar surface area (TPSA) is 56.7 Å². The fourth-order valence-corrected chi connectivity index (χ4v) is 1.70. The zero-order valence-electron chi connectivity index (χ0n) is 13.7. The van der Waals surface area contributed by atoms with Gasteiger partial charge in [0.15, 0.2) is 5.96 Å². The SMILES string of the molecule is CSCCNC(=NCC(=O)N(C)C)NCCCCC(F)(F)F.I. The lowest BCUT2D eigenvalue weighted by molar-refractivity contribution is -0.135. The molecule has 0 spiro atoms. The van der Waals surface area contributed by atoms with Crippen molar-refractivity contribution in [2.75, 3.05) is 45.7 Å². The maximum atomic E-state index is 12.0. The Bertz CT molecular complexity index is 355. The van der Waals surface area contributed by atoms with E-state index in [2.05, 4.69) is 15.6 Å². The van der Waals surface area contributed by atoms with Crippen molar-refractivity contribution in [3.8, 4) is 0 Å². The van der Waals surface area contributed by atoms with Crippen LogP contribution in [0.5, 0.6) is 0 Å². The van der Waals surface area contributed by atoms with Gasteiger partial charge in [0.25, 0.3) is 0 Å². The number of hydrogen-bond acceptors (Lipinski definition) is 3. The van der Waals surface area contributed by atoms with E-state index < -0.39 is 12.6 Å². The van der Waals surface area contributed by atoms with Gasteiger partial charge in [-0.1, -0.05) is 0 Å². The Morgan fingerprint density at radius 2 is 1.78 bits per heavy atom. The van der Waals surface area contributed by atoms with Crippen molar-refractivity contribution in [3.05, 3.63) is 0 Å². The van der Waals surface area contributed by atoms with Crippen molar-refractivity contribution < 1.29 is 18.0 Å². The van der Waals surface area contributed by atoms with E-state index in [9.17, 15) is 18.0 Å². The highest BCUT2D eigenvalue weighted by atomic mass is 127. The summed E-state index contributed by atoms with van der Waals surface area (Å²) < 4.78 is 36.1. The highest BCUT2D eigenvalue weighted by Gasteiger charge is 2.25. The van der Waals surface area contributed by atoms with Crippen LogP contribution < -0.4 is 10.6 Å². The second-order valence-electron chi connectivity index (χ2n) is 4.87. The maximum absolute atomic E-state index is 12.0. The number of guanidine groups is 1. The molecular weight excluding hydrogens is 444 g/mol. The molecule has 0 aliphatic heterocycles. The summed E-state index contributed by atoms with van der Waals surface area (Å²) in [6.07, 6.45) is -2.44. The van der Waals surface area contributed by atoms with Crippen molar-refractivity contribution in [1.82, 2.24) is 15.5 Å². The molecule has 0 aromatic carbocycles. The van der Waals surface area contributed by atoms with Crippen LogP contribution in [0, 0.1) is 0 Å². The van der Waals surface area contributed by atoms with Crippen LogP contribution in [-0.4, -0.2) is 68.7 Å². The average Bonchev–Trinajstić information content (AvgIpc) is 2.42. The molecule has 138 valence electrons. The Balaban J connectivity index is 0. The predicted octanol–water partition coefficient (Wildman–Crippen LogP) is 2.32. The minimum absolute atomic E-state index is 0. The van der Waals surface area contributed by atoms with Gasteiger partial charge in [-0.25, -0.2) is 4.99 Å². The molecule has 5 nitrogen and oxygen atoms in total. The molecular formula is C13H26F3IN4OS. The molecule has 0 atom stereocenters. The summed E-state index contributed by atoms with van der Waals surface area (Å²) in [6, 6.07) is 0. The quantitative estimate of drug-likeness (QED) is 0.235. The number of rotatable bonds is 9. The number of alkyl halides is 3. The summed E-state index contributed by atoms with van der Waals surface area (Å²) in [5.74, 6) is 1.19. The second-order valence-corrected chi connectivity index (χ2v) is 5.86. The van der Waals surface area contributed by atoms with Crippen LogP contribution in [0.3, 0.4) is 0 Å². The zero-order chi connectivity index (χ0) is 17.0. The number of nitrogens with one attached hydrogen (secondary N) is 2. The van der Waals surface area contributed by atoms with Crippen LogP contribution in [0.1, 0.15) is 19.3 Å². The number of amides is 1. The van der Waals surface area contributed by atoms with Gasteiger partial charge in [0.05, 0.1) is 0 Å². The first-order valence-corrected chi connectivity index (χ1v) is 8.43. The lowest BCUT2D eigenvalue weighted by Gasteiger charge is -2.13. The monoisotopic (exact) mass is 470 g/mol. The molecule has 0 rings (SSSR count). The number of carbonyl (C=O) groups excluding carboxylic acids is 1. The summed E-state index contributed by atoms with van der Waals surface area (Å²) in [5, 5.41) is 6.00. The maximum Gasteiger partial charge on any atom is 0.389 e. The van der Waals surface area contributed by atoms with E-state index >= 15 is 0 Å². The summed E-state index contributed by atoms with van der Waals surface area (Å²) in [4.78, 5) is 17.1. The van der Waals surface area contributed by atoms with Gasteiger partial charge >= 0.3 is 6.18 Å². The van der Waals surface area contributed by atoms with E-state index in [0.29, 0.717) is 25.5 Å². The fourth-order valence-electron chi connectivity index (χ4n) is 1.39. The van der Waals surface area contributed by atoms with Gasteiger partial charge in [-0.05, 0) is 19.1 Å². The molecule has 0 saturated heterocycles. The first-order chi connectivity index (χ1) is 10.3. The van der Waals surface area contributed by atoms with Crippen LogP contribution in [0.2, 0.25) is 0 Å². The molecule has 0 aliphatic rings. The normalized spacial score (nSPS) is 11.7. The summed E-state index contributed by atoms with van der Waals surface area (Å²) in [5.41, 5.74) is 0. The van der Waals surface area contributed by atoms with E-state index in [0.717, 1.165) is 5.75 Å². The van der Waals surface area contributed by atoms with E-state index in [1.807, 2.05) is 6.26 Å². The minimum Gasteiger partial charge on any atom is -0.356 e. The molecule has 0 bridgehead atoms. The van der Waals surface area contributed by atoms with E-state index in [1.54, 1.807) is 25.9 Å². The van der Waals surface area contributed by atoms with Crippen molar-refractivity contribution in [2.24, 2.45) is 4.99 Å². The molecule has 0 heterocycles. The zero-order valence-corrected chi connectivity index (χ0v) is 16.8. The number of carbonyl (C=O) groups is 1. The number of nitrogens with zero attached hydrogens (tertiary/aromatic N) is 2. The average molecular weight is 470 g/mol. The number of halogens is 4. The standard InChI is InChI=1S/C13H25F3N4OS.HI/c1-20(2)11(21)10-19-12(18-8-9-22-3)17-7-5-4-6-13(14,15)16;/h4-10H2,1-3H3,(H2,17,18,19);1H. The third kappa shape index (κ3) is 16.3. The Labute approximate surface area is 157 Å². The van der Waals surface area contributed by atoms with Crippen LogP contribution >= 0.6 is 35.7 Å². The molecule has 0 aliphatic carbocycles. The molecule has 23 heavy (non-hydrogen) atoms. The number of hydrogen-bond donors (Lipinski definition) is 2. The largest absolute Gasteiger partial charge is 0.389 e. The van der Waals surface area contributed by atoms with Gasteiger partial charge in [-0.3, -0.25) is 4.79 Å². The summed E-state index contributed by atoms with van der Waals surface area (Å²) in [7, 11) is 3.28. The molecule has 10 heteroatoms. The first-order valence-electron chi connectivity index (χ1n) is 7.04. The lowest BCUT2D eigenvalue weighted by atomic mass is 10.2. The van der Waals surface area contributed by atoms with Crippen molar-refractivity contribution in [1.29, 1.82) is 0 Å². The van der Waals surface area contributed by atoms with Crippen LogP contribution in [-0.2, 0) is 4.79 Å². The highest BCUT2D eigenvalue weighted by molar-refractivity contribution is 14.0. The van der Waals surface area contributed by atoms with Gasteiger partial charge in [0.1, 0.15) is 6.54 Å². The molecule has 1 amide bonds. The molecule has 0 aromatic rings. The molecule has 0 radical (unpaired) electrons. The van der Waals surface area contributed by atoms with Crippen LogP contribution in [0.25, 0.3) is 0 Å². The van der Waals surface area contributed by atoms with E-state index in [1.165, 1.54) is 4.90 Å². The highest BCUT2D eigenvalue weighted by Crippen LogP contribution is 2.21. The third-order valence-electron chi connectivity index (χ3n) is 2.65. The lowest BCUT2D eigenvalue weighted by Crippen LogP contribution is -2.40. The van der Waals surface area contributed by atoms with Crippen LogP contribution in [0.15, 0.2) is 4.99 Å². The van der Waals surface area contributed by atoms with E-state index in [4.69, 9.17) is 0 Å². The van der Waals surface area contributed by atoms with Crippen LogP contribution in [0.4, 0.5) is 13.2 Å². The second kappa shape index (κ2) is 14.0. The number of likely N-dealkylation sites (N-methyl/N-ethyl adjacent to an activating group) is 1. The molecule has 0 aromatic heterocycles. The molecule has 0 saturated carbocycles. The Morgan fingerprint density at radius 1 is 1.17 bits per heavy atom. The fraction of sp³-hybridized carbons (Fsp3) is 0.846. The van der Waals surface area contributed by atoms with Crippen molar-refractivity contribution >= 4 is 47.6 Å². The smallest absolute Gasteiger partial charge is 0.356 e. The number of aliphatic imine (C=N–C) groups is 1. The van der Waals surface area contributed by atoms with Gasteiger partial charge in [-0.15, -0.1) is 24.0 Å². The molecule has 0 fully saturated rings. The Morgan fingerprint density at radius 3 is 2.30 bits per heavy atom. The van der Waals surface area contributed by atoms with Crippen molar-refractivity contribution in [3.63, 3.8) is 0 Å². The molecule has 0 unspecified atom stereocenters. The van der Waals surface area contributed by atoms with E-state index in [-0.39, 0.29) is 42.8 Å².